The Hall–Kier alpha value is -2.08. The first-order chi connectivity index (χ1) is 12.7. The molecule has 1 aliphatic rings. The third-order valence-corrected chi connectivity index (χ3v) is 5.48. The maximum atomic E-state index is 5.29. The summed E-state index contributed by atoms with van der Waals surface area (Å²) >= 11 is 0. The van der Waals surface area contributed by atoms with Crippen LogP contribution < -0.4 is 10.6 Å². The predicted octanol–water partition coefficient (Wildman–Crippen LogP) is 2.84. The highest BCUT2D eigenvalue weighted by Gasteiger charge is 2.36. The summed E-state index contributed by atoms with van der Waals surface area (Å²) in [5, 5.41) is 6.90. The van der Waals surface area contributed by atoms with Crippen molar-refractivity contribution < 1.29 is 4.74 Å². The van der Waals surface area contributed by atoms with Gasteiger partial charge in [0, 0.05) is 33.9 Å². The van der Waals surface area contributed by atoms with Crippen LogP contribution in [-0.4, -0.2) is 42.3 Å². The lowest BCUT2D eigenvalue weighted by Gasteiger charge is -2.42. The Balaban J connectivity index is 1.65. The Bertz CT molecular complexity index is 748. The molecule has 1 aliphatic carbocycles. The molecule has 2 aromatic rings. The summed E-state index contributed by atoms with van der Waals surface area (Å²) in [6.07, 6.45) is 4.97. The van der Waals surface area contributed by atoms with Gasteiger partial charge in [0.1, 0.15) is 12.4 Å². The van der Waals surface area contributed by atoms with Gasteiger partial charge in [0.05, 0.1) is 11.0 Å². The number of aromatic nitrogens is 2. The van der Waals surface area contributed by atoms with E-state index in [2.05, 4.69) is 35.2 Å². The molecule has 6 nitrogen and oxygen atoms in total. The average molecular weight is 358 g/mol. The quantitative estimate of drug-likeness (QED) is 0.563. The van der Waals surface area contributed by atoms with Crippen molar-refractivity contribution in [2.24, 2.45) is 17.5 Å². The van der Waals surface area contributed by atoms with E-state index in [4.69, 9.17) is 14.7 Å². The van der Waals surface area contributed by atoms with Crippen LogP contribution in [0.5, 0.6) is 0 Å². The fraction of sp³-hybridized carbons (Fsp3) is 0.600. The zero-order valence-corrected chi connectivity index (χ0v) is 16.2. The molecule has 142 valence electrons. The van der Waals surface area contributed by atoms with Gasteiger partial charge in [-0.1, -0.05) is 18.6 Å². The predicted molar refractivity (Wildman–Crippen MR) is 106 cm³/mol. The van der Waals surface area contributed by atoms with Gasteiger partial charge in [0.25, 0.3) is 0 Å². The van der Waals surface area contributed by atoms with Gasteiger partial charge in [-0.15, -0.1) is 0 Å². The van der Waals surface area contributed by atoms with Crippen LogP contribution in [-0.2, 0) is 18.3 Å². The van der Waals surface area contributed by atoms with Crippen LogP contribution in [0.3, 0.4) is 0 Å². The highest BCUT2D eigenvalue weighted by atomic mass is 16.5. The number of benzene rings is 1. The van der Waals surface area contributed by atoms with Crippen molar-refractivity contribution in [3.8, 4) is 0 Å². The molecule has 1 heterocycles. The number of ether oxygens (including phenoxy) is 1. The fourth-order valence-corrected chi connectivity index (χ4v) is 3.61. The largest absolute Gasteiger partial charge is 0.385 e. The van der Waals surface area contributed by atoms with Gasteiger partial charge >= 0.3 is 0 Å². The number of aryl methyl sites for hydroxylation is 1. The number of para-hydroxylation sites is 2. The van der Waals surface area contributed by atoms with Crippen molar-refractivity contribution in [2.45, 2.75) is 39.2 Å². The second kappa shape index (κ2) is 8.54. The first-order valence-electron chi connectivity index (χ1n) is 9.59. The lowest BCUT2D eigenvalue weighted by atomic mass is 9.67. The van der Waals surface area contributed by atoms with E-state index in [1.54, 1.807) is 7.11 Å². The van der Waals surface area contributed by atoms with E-state index in [9.17, 15) is 0 Å². The molecule has 0 bridgehead atoms. The third kappa shape index (κ3) is 4.18. The van der Waals surface area contributed by atoms with Crippen molar-refractivity contribution in [2.75, 3.05) is 26.8 Å². The molecule has 1 saturated carbocycles. The molecule has 0 spiro atoms. The Morgan fingerprint density at radius 2 is 2.12 bits per heavy atom. The number of nitrogens with zero attached hydrogens (tertiary/aromatic N) is 3. The topological polar surface area (TPSA) is 63.5 Å². The number of hydrogen-bond acceptors (Lipinski definition) is 3. The minimum Gasteiger partial charge on any atom is -0.385 e. The molecule has 1 aromatic heterocycles. The van der Waals surface area contributed by atoms with Crippen molar-refractivity contribution in [3.63, 3.8) is 0 Å². The van der Waals surface area contributed by atoms with Crippen LogP contribution in [0.1, 0.15) is 38.4 Å². The van der Waals surface area contributed by atoms with Gasteiger partial charge in [0.15, 0.2) is 5.96 Å². The molecule has 0 amide bonds. The molecule has 0 aliphatic heterocycles. The van der Waals surface area contributed by atoms with Gasteiger partial charge < -0.3 is 19.9 Å². The molecule has 0 unspecified atom stereocenters. The molecule has 26 heavy (non-hydrogen) atoms. The van der Waals surface area contributed by atoms with E-state index >= 15 is 0 Å². The van der Waals surface area contributed by atoms with Gasteiger partial charge in [-0.25, -0.2) is 9.98 Å². The van der Waals surface area contributed by atoms with Crippen molar-refractivity contribution in [3.05, 3.63) is 30.1 Å². The Labute approximate surface area is 156 Å². The van der Waals surface area contributed by atoms with Crippen LogP contribution in [0.4, 0.5) is 0 Å². The van der Waals surface area contributed by atoms with E-state index in [1.807, 2.05) is 18.2 Å². The molecule has 2 N–H and O–H groups in total. The number of methoxy groups -OCH3 is 1. The number of imidazole rings is 1. The fourth-order valence-electron chi connectivity index (χ4n) is 3.61. The molecule has 0 atom stereocenters. The highest BCUT2D eigenvalue weighted by Crippen LogP contribution is 2.43. The molecule has 6 heteroatoms. The van der Waals surface area contributed by atoms with Crippen molar-refractivity contribution >= 4 is 17.0 Å². The van der Waals surface area contributed by atoms with Gasteiger partial charge in [-0.05, 0) is 43.7 Å². The Morgan fingerprint density at radius 3 is 2.77 bits per heavy atom. The van der Waals surface area contributed by atoms with E-state index < -0.39 is 0 Å². The van der Waals surface area contributed by atoms with Gasteiger partial charge in [0.2, 0.25) is 0 Å². The lowest BCUT2D eigenvalue weighted by Crippen LogP contribution is -2.47. The molecule has 3 rings (SSSR count). The van der Waals surface area contributed by atoms with Crippen LogP contribution >= 0.6 is 0 Å². The van der Waals surface area contributed by atoms with E-state index in [0.717, 1.165) is 48.9 Å². The second-order valence-corrected chi connectivity index (χ2v) is 7.22. The lowest BCUT2D eigenvalue weighted by molar-refractivity contribution is 0.0732. The van der Waals surface area contributed by atoms with E-state index in [-0.39, 0.29) is 0 Å². The summed E-state index contributed by atoms with van der Waals surface area (Å²) in [5.74, 6) is 1.84. The van der Waals surface area contributed by atoms with E-state index in [1.165, 1.54) is 19.3 Å². The smallest absolute Gasteiger partial charge is 0.191 e. The molecule has 1 aromatic carbocycles. The number of aliphatic imine (C=N–C) groups is 1. The monoisotopic (exact) mass is 357 g/mol. The number of hydrogen-bond donors (Lipinski definition) is 2. The van der Waals surface area contributed by atoms with Gasteiger partial charge in [-0.2, -0.15) is 0 Å². The summed E-state index contributed by atoms with van der Waals surface area (Å²) < 4.78 is 7.41. The minimum atomic E-state index is 0.365. The summed E-state index contributed by atoms with van der Waals surface area (Å²) in [6, 6.07) is 8.20. The standard InChI is InChI=1S/C20H31N5O/c1-4-21-19(23-15-20(10-7-11-20)12-13-26-3)22-14-18-24-16-8-5-6-9-17(16)25(18)2/h5-6,8-9H,4,7,10-15H2,1-3H3,(H2,21,22,23). The Morgan fingerprint density at radius 1 is 1.31 bits per heavy atom. The molecule has 1 fully saturated rings. The zero-order chi connectivity index (χ0) is 18.4. The summed E-state index contributed by atoms with van der Waals surface area (Å²) in [6.45, 7) is 5.28. The summed E-state index contributed by atoms with van der Waals surface area (Å²) in [4.78, 5) is 9.47. The Kier molecular flexibility index (Phi) is 6.14. The molecular formula is C20H31N5O. The minimum absolute atomic E-state index is 0.365. The first-order valence-corrected chi connectivity index (χ1v) is 9.59. The molecular weight excluding hydrogens is 326 g/mol. The van der Waals surface area contributed by atoms with Crippen LogP contribution in [0.25, 0.3) is 11.0 Å². The third-order valence-electron chi connectivity index (χ3n) is 5.48. The normalized spacial score (nSPS) is 16.5. The number of fused-ring (bicyclic) bond motifs is 1. The van der Waals surface area contributed by atoms with Gasteiger partial charge in [-0.3, -0.25) is 0 Å². The first kappa shape index (κ1) is 18.7. The number of guanidine groups is 1. The van der Waals surface area contributed by atoms with E-state index in [0.29, 0.717) is 12.0 Å². The maximum absolute atomic E-state index is 5.29. The maximum Gasteiger partial charge on any atom is 0.191 e. The van der Waals surface area contributed by atoms with Crippen molar-refractivity contribution in [1.29, 1.82) is 0 Å². The zero-order valence-electron chi connectivity index (χ0n) is 16.2. The number of nitrogens with one attached hydrogen (secondary N) is 2. The molecule has 0 saturated heterocycles. The second-order valence-electron chi connectivity index (χ2n) is 7.22. The average Bonchev–Trinajstić information content (AvgIpc) is 2.94. The summed E-state index contributed by atoms with van der Waals surface area (Å²) in [7, 11) is 3.83. The van der Waals surface area contributed by atoms with Crippen molar-refractivity contribution in [1.82, 2.24) is 20.2 Å². The number of rotatable bonds is 8. The van der Waals surface area contributed by atoms with Crippen LogP contribution in [0.2, 0.25) is 0 Å². The highest BCUT2D eigenvalue weighted by molar-refractivity contribution is 5.80. The summed E-state index contributed by atoms with van der Waals surface area (Å²) in [5.41, 5.74) is 2.53. The molecule has 0 radical (unpaired) electrons. The SMILES string of the molecule is CCNC(=NCc1nc2ccccc2n1C)NCC1(CCOC)CCC1. The van der Waals surface area contributed by atoms with Crippen LogP contribution in [0, 0.1) is 5.41 Å². The van der Waals surface area contributed by atoms with Crippen LogP contribution in [0.15, 0.2) is 29.3 Å².